The molecule has 0 rings (SSSR count). The number of carboxylic acid groups (broad SMARTS) is 4. The van der Waals surface area contributed by atoms with Gasteiger partial charge in [-0.15, -0.1) is 0 Å². The molecule has 0 aliphatic carbocycles. The molecule has 1 atom stereocenters. The topological polar surface area (TPSA) is 190 Å². The van der Waals surface area contributed by atoms with Crippen molar-refractivity contribution in [3.05, 3.63) is 0 Å². The molecule has 10 heteroatoms. The van der Waals surface area contributed by atoms with Gasteiger partial charge < -0.3 is 30.6 Å². The van der Waals surface area contributed by atoms with E-state index in [9.17, 15) is 19.2 Å². The molecule has 0 aliphatic rings. The fourth-order valence-electron chi connectivity index (χ4n) is 4.23. The molecule has 0 heterocycles. The Morgan fingerprint density at radius 2 is 0.510 bits per heavy atom. The molecule has 6 N–H and O–H groups in total. The second-order valence-electron chi connectivity index (χ2n) is 12.7. The molecular weight excluding hydrogens is 628 g/mol. The fourth-order valence-corrected chi connectivity index (χ4v) is 4.23. The summed E-state index contributed by atoms with van der Waals surface area (Å²) in [6.45, 7) is 10.1. The first-order valence-corrected chi connectivity index (χ1v) is 19.5. The zero-order chi connectivity index (χ0) is 38.4. The molecule has 0 aromatic rings. The van der Waals surface area contributed by atoms with Gasteiger partial charge in [-0.3, -0.25) is 19.2 Å². The lowest BCUT2D eigenvalue weighted by molar-refractivity contribution is -0.138. The predicted octanol–water partition coefficient (Wildman–Crippen LogP) is 10.6. The summed E-state index contributed by atoms with van der Waals surface area (Å²) in [5.74, 6) is -2.67. The van der Waals surface area contributed by atoms with Gasteiger partial charge in [0.05, 0.1) is 12.7 Å². The van der Waals surface area contributed by atoms with Crippen molar-refractivity contribution < 1.29 is 49.8 Å². The van der Waals surface area contributed by atoms with Crippen molar-refractivity contribution in [3.8, 4) is 0 Å². The van der Waals surface area contributed by atoms with E-state index in [-0.39, 0.29) is 6.61 Å². The first-order valence-electron chi connectivity index (χ1n) is 19.5. The van der Waals surface area contributed by atoms with E-state index in [1.807, 2.05) is 0 Å². The summed E-state index contributed by atoms with van der Waals surface area (Å²) in [7, 11) is 0. The molecule has 10 nitrogen and oxygen atoms in total. The monoisotopic (exact) mass is 709 g/mol. The highest BCUT2D eigenvalue weighted by molar-refractivity contribution is 5.67. The van der Waals surface area contributed by atoms with E-state index in [1.165, 1.54) is 110 Å². The third-order valence-corrected chi connectivity index (χ3v) is 7.24. The van der Waals surface area contributed by atoms with Gasteiger partial charge >= 0.3 is 23.9 Å². The molecule has 1 unspecified atom stereocenters. The van der Waals surface area contributed by atoms with Crippen molar-refractivity contribution in [2.75, 3.05) is 6.61 Å². The smallest absolute Gasteiger partial charge is 0.303 e. The Kier molecular flexibility index (Phi) is 60.3. The van der Waals surface area contributed by atoms with Gasteiger partial charge in [0.1, 0.15) is 0 Å². The number of hydrogen-bond donors (Lipinski definition) is 6. The van der Waals surface area contributed by atoms with Gasteiger partial charge in [-0.2, -0.15) is 0 Å². The highest BCUT2D eigenvalue weighted by atomic mass is 16.4. The molecule has 49 heavy (non-hydrogen) atoms. The Morgan fingerprint density at radius 1 is 0.367 bits per heavy atom. The van der Waals surface area contributed by atoms with Gasteiger partial charge in [0.25, 0.3) is 0 Å². The van der Waals surface area contributed by atoms with Gasteiger partial charge in [0.2, 0.25) is 0 Å². The summed E-state index contributed by atoms with van der Waals surface area (Å²) < 4.78 is 0. The average Bonchev–Trinajstić information content (AvgIpc) is 3.04. The Labute approximate surface area is 300 Å². The lowest BCUT2D eigenvalue weighted by Gasteiger charge is -1.98. The minimum atomic E-state index is -0.670. The molecule has 0 aliphatic heterocycles. The third-order valence-electron chi connectivity index (χ3n) is 7.24. The Bertz CT molecular complexity index is 616. The van der Waals surface area contributed by atoms with Gasteiger partial charge in [0.15, 0.2) is 0 Å². The number of unbranched alkanes of at least 4 members (excludes halogenated alkanes) is 20. The van der Waals surface area contributed by atoms with E-state index >= 15 is 0 Å². The molecule has 296 valence electrons. The van der Waals surface area contributed by atoms with Crippen molar-refractivity contribution in [2.24, 2.45) is 0 Å². The van der Waals surface area contributed by atoms with E-state index in [4.69, 9.17) is 30.6 Å². The number of aliphatic carboxylic acids is 4. The molecular formula is C39H80O10. The van der Waals surface area contributed by atoms with Gasteiger partial charge in [-0.05, 0) is 32.6 Å². The van der Waals surface area contributed by atoms with Gasteiger partial charge in [-0.1, -0.05) is 156 Å². The van der Waals surface area contributed by atoms with Crippen LogP contribution in [0.3, 0.4) is 0 Å². The third kappa shape index (κ3) is 86.9. The highest BCUT2D eigenvalue weighted by Gasteiger charge is 1.98. The summed E-state index contributed by atoms with van der Waals surface area (Å²) in [6.07, 6.45) is 28.5. The molecule has 0 fully saturated rings. The van der Waals surface area contributed by atoms with E-state index < -0.39 is 30.0 Å². The zero-order valence-electron chi connectivity index (χ0n) is 32.4. The van der Waals surface area contributed by atoms with Gasteiger partial charge in [-0.25, -0.2) is 0 Å². The molecule has 0 aromatic carbocycles. The largest absolute Gasteiger partial charge is 0.481 e. The maximum Gasteiger partial charge on any atom is 0.303 e. The van der Waals surface area contributed by atoms with Crippen LogP contribution in [-0.4, -0.2) is 67.2 Å². The van der Waals surface area contributed by atoms with Crippen molar-refractivity contribution >= 4 is 23.9 Å². The Hall–Kier alpha value is -2.20. The molecule has 0 amide bonds. The highest BCUT2D eigenvalue weighted by Crippen LogP contribution is 2.09. The molecule has 0 saturated carbocycles. The van der Waals surface area contributed by atoms with Crippen LogP contribution in [0.1, 0.15) is 214 Å². The number of carboxylic acids is 4. The second-order valence-corrected chi connectivity index (χ2v) is 12.7. The van der Waals surface area contributed by atoms with Crippen LogP contribution in [-0.2, 0) is 19.2 Å². The number of rotatable bonds is 29. The normalized spacial score (nSPS) is 10.4. The van der Waals surface area contributed by atoms with Crippen LogP contribution in [0.2, 0.25) is 0 Å². The summed E-state index contributed by atoms with van der Waals surface area (Å²) in [5.41, 5.74) is 0. The Morgan fingerprint density at radius 3 is 0.633 bits per heavy atom. The number of aliphatic hydroxyl groups excluding tert-OH is 2. The van der Waals surface area contributed by atoms with E-state index in [2.05, 4.69) is 27.7 Å². The summed E-state index contributed by atoms with van der Waals surface area (Å²) in [5, 5.41) is 49.3. The van der Waals surface area contributed by atoms with Crippen molar-refractivity contribution in [1.29, 1.82) is 0 Å². The van der Waals surface area contributed by atoms with Crippen LogP contribution in [0.15, 0.2) is 0 Å². The molecule has 0 saturated heterocycles. The summed E-state index contributed by atoms with van der Waals surface area (Å²) >= 11 is 0. The lowest BCUT2D eigenvalue weighted by atomic mass is 10.1. The second kappa shape index (κ2) is 52.6. The van der Waals surface area contributed by atoms with Crippen LogP contribution < -0.4 is 0 Å². The number of aliphatic hydroxyl groups is 2. The van der Waals surface area contributed by atoms with Crippen molar-refractivity contribution in [3.63, 3.8) is 0 Å². The standard InChI is InChI=1S/2C10H20O2.2C8H16O2.C3H8O2/c2*1-2-3-4-5-6-7-8-9-10(11)12;2*1-2-3-4-5-6-7-8(9)10;1-3(5)2-4/h2*2-9H2,1H3,(H,11,12);2*2-7H2,1H3,(H,9,10);3-5H,2H2,1H3. The SMILES string of the molecule is CC(O)CO.CCCCCCCC(=O)O.CCCCCCCC(=O)O.CCCCCCCCCC(=O)O.CCCCCCCCCC(=O)O. The van der Waals surface area contributed by atoms with Crippen LogP contribution in [0, 0.1) is 0 Å². The van der Waals surface area contributed by atoms with Crippen molar-refractivity contribution in [1.82, 2.24) is 0 Å². The van der Waals surface area contributed by atoms with E-state index in [0.29, 0.717) is 25.7 Å². The fraction of sp³-hybridized carbons (Fsp3) is 0.897. The van der Waals surface area contributed by atoms with Crippen LogP contribution in [0.4, 0.5) is 0 Å². The molecule has 0 radical (unpaired) electrons. The Balaban J connectivity index is -0.000000168. The first kappa shape index (κ1) is 56.2. The van der Waals surface area contributed by atoms with E-state index in [1.54, 1.807) is 0 Å². The predicted molar refractivity (Wildman–Crippen MR) is 201 cm³/mol. The average molecular weight is 709 g/mol. The van der Waals surface area contributed by atoms with Crippen LogP contribution >= 0.6 is 0 Å². The van der Waals surface area contributed by atoms with Gasteiger partial charge in [0, 0.05) is 25.7 Å². The maximum absolute atomic E-state index is 10.1. The van der Waals surface area contributed by atoms with Crippen LogP contribution in [0.25, 0.3) is 0 Å². The lowest BCUT2D eigenvalue weighted by Crippen LogP contribution is -2.03. The minimum Gasteiger partial charge on any atom is -0.481 e. The molecule has 0 bridgehead atoms. The number of carbonyl (C=O) groups is 4. The first-order chi connectivity index (χ1) is 23.4. The summed E-state index contributed by atoms with van der Waals surface area (Å²) in [6, 6.07) is 0. The molecule has 0 spiro atoms. The number of hydrogen-bond acceptors (Lipinski definition) is 6. The van der Waals surface area contributed by atoms with Crippen LogP contribution in [0.5, 0.6) is 0 Å². The quantitative estimate of drug-likeness (QED) is 0.0408. The molecule has 0 aromatic heterocycles. The zero-order valence-corrected chi connectivity index (χ0v) is 32.4. The van der Waals surface area contributed by atoms with E-state index in [0.717, 1.165) is 51.4 Å². The minimum absolute atomic E-state index is 0.139. The summed E-state index contributed by atoms with van der Waals surface area (Å²) in [4.78, 5) is 40.3. The maximum atomic E-state index is 10.1. The van der Waals surface area contributed by atoms with Crippen molar-refractivity contribution in [2.45, 2.75) is 221 Å².